The van der Waals surface area contributed by atoms with E-state index in [1.807, 2.05) is 6.07 Å². The highest BCUT2D eigenvalue weighted by Gasteiger charge is 2.67. The molecule has 1 aliphatic heterocycles. The lowest BCUT2D eigenvalue weighted by atomic mass is 9.72. The highest BCUT2D eigenvalue weighted by molar-refractivity contribution is 5.38. The Labute approximate surface area is 174 Å². The molecule has 30 heavy (non-hydrogen) atoms. The highest BCUT2D eigenvalue weighted by Crippen LogP contribution is 2.52. The summed E-state index contributed by atoms with van der Waals surface area (Å²) in [5, 5.41) is 43.9. The van der Waals surface area contributed by atoms with E-state index in [1.54, 1.807) is 84.9 Å². The minimum absolute atomic E-state index is 0.314. The van der Waals surface area contributed by atoms with E-state index in [2.05, 4.69) is 0 Å². The van der Waals surface area contributed by atoms with Gasteiger partial charge in [0.2, 0.25) is 11.4 Å². The molecule has 5 atom stereocenters. The van der Waals surface area contributed by atoms with Crippen LogP contribution in [-0.2, 0) is 16.1 Å². The first-order valence-electron chi connectivity index (χ1n) is 9.75. The van der Waals surface area contributed by atoms with E-state index < -0.39 is 36.3 Å². The molecular weight excluding hydrogens is 384 g/mol. The average molecular weight is 408 g/mol. The molecule has 0 aliphatic carbocycles. The molecule has 0 unspecified atom stereocenters. The van der Waals surface area contributed by atoms with Crippen molar-refractivity contribution in [3.63, 3.8) is 0 Å². The fourth-order valence-electron chi connectivity index (χ4n) is 4.03. The topological polar surface area (TPSA) is 99.4 Å². The van der Waals surface area contributed by atoms with Crippen LogP contribution in [0.1, 0.15) is 11.1 Å². The smallest absolute Gasteiger partial charge is 0.241 e. The normalized spacial score (nSPS) is 31.3. The summed E-state index contributed by atoms with van der Waals surface area (Å²) in [6, 6.07) is 25.9. The first-order valence-corrected chi connectivity index (χ1v) is 9.75. The van der Waals surface area contributed by atoms with E-state index in [0.717, 1.165) is 0 Å². The Kier molecular flexibility index (Phi) is 5.60. The number of hydrogen-bond acceptors (Lipinski definition) is 6. The second-order valence-electron chi connectivity index (χ2n) is 7.30. The van der Waals surface area contributed by atoms with E-state index in [9.17, 15) is 20.4 Å². The summed E-state index contributed by atoms with van der Waals surface area (Å²) in [4.78, 5) is 0. The van der Waals surface area contributed by atoms with Gasteiger partial charge in [0, 0.05) is 11.1 Å². The lowest BCUT2D eigenvalue weighted by molar-refractivity contribution is -0.396. The Hall–Kier alpha value is -2.74. The van der Waals surface area contributed by atoms with Crippen LogP contribution in [0.25, 0.3) is 0 Å². The van der Waals surface area contributed by atoms with Gasteiger partial charge in [-0.25, -0.2) is 0 Å². The van der Waals surface area contributed by atoms with Gasteiger partial charge in [-0.2, -0.15) is 0 Å². The van der Waals surface area contributed by atoms with Crippen molar-refractivity contribution in [3.05, 3.63) is 102 Å². The van der Waals surface area contributed by atoms with Gasteiger partial charge in [-0.3, -0.25) is 0 Å². The zero-order chi connectivity index (χ0) is 21.2. The van der Waals surface area contributed by atoms with Gasteiger partial charge in [0.1, 0.15) is 24.1 Å². The second-order valence-corrected chi connectivity index (χ2v) is 7.30. The molecule has 0 saturated carbocycles. The molecule has 0 bridgehead atoms. The number of ether oxygens (including phenoxy) is 2. The quantitative estimate of drug-likeness (QED) is 0.515. The van der Waals surface area contributed by atoms with E-state index >= 15 is 0 Å². The SMILES string of the molecule is OC[C@H]1O[C@](O)(c2ccccc2)[C@@](Oc2ccccc2)(c2ccccc2)[C@@H](O)[C@H]1O. The summed E-state index contributed by atoms with van der Waals surface area (Å²) >= 11 is 0. The van der Waals surface area contributed by atoms with Crippen LogP contribution in [0, 0.1) is 0 Å². The number of para-hydroxylation sites is 1. The summed E-state index contributed by atoms with van der Waals surface area (Å²) in [7, 11) is 0. The number of aliphatic hydroxyl groups excluding tert-OH is 3. The van der Waals surface area contributed by atoms with E-state index in [4.69, 9.17) is 9.47 Å². The number of benzene rings is 3. The molecule has 1 fully saturated rings. The molecule has 0 spiro atoms. The third kappa shape index (κ3) is 3.19. The monoisotopic (exact) mass is 408 g/mol. The molecule has 4 rings (SSSR count). The van der Waals surface area contributed by atoms with E-state index in [-0.39, 0.29) is 0 Å². The van der Waals surface area contributed by atoms with Gasteiger partial charge in [0.15, 0.2) is 0 Å². The summed E-state index contributed by atoms with van der Waals surface area (Å²) < 4.78 is 12.2. The second kappa shape index (κ2) is 8.18. The molecule has 1 heterocycles. The van der Waals surface area contributed by atoms with Crippen LogP contribution in [0.5, 0.6) is 5.75 Å². The molecule has 4 N–H and O–H groups in total. The van der Waals surface area contributed by atoms with Crippen LogP contribution in [-0.4, -0.2) is 45.3 Å². The summed E-state index contributed by atoms with van der Waals surface area (Å²) in [6.07, 6.45) is -4.36. The molecule has 0 radical (unpaired) electrons. The minimum atomic E-state index is -2.22. The number of hydrogen-bond donors (Lipinski definition) is 4. The predicted octanol–water partition coefficient (Wildman–Crippen LogP) is 1.92. The van der Waals surface area contributed by atoms with Crippen LogP contribution in [0.3, 0.4) is 0 Å². The maximum atomic E-state index is 12.0. The Morgan fingerprint density at radius 2 is 1.27 bits per heavy atom. The molecule has 1 saturated heterocycles. The van der Waals surface area contributed by atoms with Gasteiger partial charge in [0.05, 0.1) is 6.61 Å². The van der Waals surface area contributed by atoms with Crippen molar-refractivity contribution in [2.75, 3.05) is 6.61 Å². The Morgan fingerprint density at radius 3 is 1.80 bits per heavy atom. The molecule has 0 amide bonds. The Morgan fingerprint density at radius 1 is 0.767 bits per heavy atom. The van der Waals surface area contributed by atoms with Gasteiger partial charge in [-0.05, 0) is 12.1 Å². The van der Waals surface area contributed by atoms with Crippen molar-refractivity contribution >= 4 is 0 Å². The zero-order valence-corrected chi connectivity index (χ0v) is 16.2. The van der Waals surface area contributed by atoms with Crippen LogP contribution in [0.15, 0.2) is 91.0 Å². The lowest BCUT2D eigenvalue weighted by Gasteiger charge is -2.55. The molecular formula is C24H24O6. The number of aliphatic hydroxyl groups is 4. The molecule has 3 aromatic rings. The highest BCUT2D eigenvalue weighted by atomic mass is 16.7. The predicted molar refractivity (Wildman–Crippen MR) is 110 cm³/mol. The average Bonchev–Trinajstić information content (AvgIpc) is 2.81. The van der Waals surface area contributed by atoms with Gasteiger partial charge in [-0.1, -0.05) is 78.9 Å². The van der Waals surface area contributed by atoms with Crippen LogP contribution in [0.4, 0.5) is 0 Å². The minimum Gasteiger partial charge on any atom is -0.474 e. The largest absolute Gasteiger partial charge is 0.474 e. The van der Waals surface area contributed by atoms with E-state index in [1.165, 1.54) is 0 Å². The fraction of sp³-hybridized carbons (Fsp3) is 0.250. The summed E-state index contributed by atoms with van der Waals surface area (Å²) in [5.74, 6) is -1.86. The fourth-order valence-corrected chi connectivity index (χ4v) is 4.03. The Bertz CT molecular complexity index is 951. The van der Waals surface area contributed by atoms with Gasteiger partial charge in [0.25, 0.3) is 0 Å². The van der Waals surface area contributed by atoms with Crippen molar-refractivity contribution in [1.29, 1.82) is 0 Å². The molecule has 1 aliphatic rings. The first kappa shape index (κ1) is 20.5. The molecule has 6 heteroatoms. The summed E-state index contributed by atoms with van der Waals surface area (Å²) in [5.41, 5.74) is -1.21. The van der Waals surface area contributed by atoms with Gasteiger partial charge >= 0.3 is 0 Å². The van der Waals surface area contributed by atoms with Crippen LogP contribution < -0.4 is 4.74 Å². The molecule has 0 aromatic heterocycles. The third-order valence-electron chi connectivity index (χ3n) is 5.52. The van der Waals surface area contributed by atoms with Crippen molar-refractivity contribution < 1.29 is 29.9 Å². The van der Waals surface area contributed by atoms with Crippen LogP contribution in [0.2, 0.25) is 0 Å². The molecule has 6 nitrogen and oxygen atoms in total. The first-order chi connectivity index (χ1) is 14.5. The van der Waals surface area contributed by atoms with Crippen molar-refractivity contribution in [1.82, 2.24) is 0 Å². The van der Waals surface area contributed by atoms with Gasteiger partial charge < -0.3 is 29.9 Å². The van der Waals surface area contributed by atoms with Gasteiger partial charge in [-0.15, -0.1) is 0 Å². The van der Waals surface area contributed by atoms with Crippen molar-refractivity contribution in [2.45, 2.75) is 29.7 Å². The standard InChI is InChI=1S/C24H24O6/c25-16-20-21(26)22(27)23(17-10-4-1-5-11-17,29-19-14-8-3-9-15-19)24(28,30-20)18-12-6-2-7-13-18/h1-15,20-22,25-28H,16H2/t20-,21+,22+,23-,24-/m1/s1. The zero-order valence-electron chi connectivity index (χ0n) is 16.2. The Balaban J connectivity index is 2.00. The lowest BCUT2D eigenvalue weighted by Crippen LogP contribution is -2.71. The van der Waals surface area contributed by atoms with E-state index in [0.29, 0.717) is 16.9 Å². The molecule has 3 aromatic carbocycles. The number of rotatable bonds is 5. The van der Waals surface area contributed by atoms with Crippen LogP contribution >= 0.6 is 0 Å². The molecule has 156 valence electrons. The van der Waals surface area contributed by atoms with Crippen molar-refractivity contribution in [2.24, 2.45) is 0 Å². The maximum Gasteiger partial charge on any atom is 0.241 e. The third-order valence-corrected chi connectivity index (χ3v) is 5.52. The summed E-state index contributed by atoms with van der Waals surface area (Å²) in [6.45, 7) is -0.594. The van der Waals surface area contributed by atoms with Crippen molar-refractivity contribution in [3.8, 4) is 5.75 Å². The maximum absolute atomic E-state index is 12.0.